The van der Waals surface area contributed by atoms with Gasteiger partial charge in [0.15, 0.2) is 0 Å². The molecule has 0 heterocycles. The fourth-order valence-electron chi connectivity index (χ4n) is 4.91. The molecule has 0 spiro atoms. The van der Waals surface area contributed by atoms with Gasteiger partial charge in [0.2, 0.25) is 0 Å². The Kier molecular flexibility index (Phi) is 12.0. The first-order chi connectivity index (χ1) is 17.9. The summed E-state index contributed by atoms with van der Waals surface area (Å²) in [6, 6.07) is 7.01. The molecule has 7 nitrogen and oxygen atoms in total. The highest BCUT2D eigenvalue weighted by molar-refractivity contribution is 5.89. The van der Waals surface area contributed by atoms with Crippen molar-refractivity contribution in [2.75, 3.05) is 13.2 Å². The minimum Gasteiger partial charge on any atom is -0.494 e. The van der Waals surface area contributed by atoms with Crippen LogP contribution in [0.25, 0.3) is 0 Å². The molecule has 3 rings (SSSR count). The maximum Gasteiger partial charge on any atom is 0.338 e. The standard InChI is InChI=1S/C30H42O7/c1-3-28(31)35-21-7-5-4-6-20-34-25-16-10-23(11-17-25)29(32)37-27-18-12-24(13-19-27)30(33)36-26-14-8-22(2)9-15-26/h3,10-11,16-17,22,24,26-27H,1,4-9,12-15,18-21H2,2H3/t22-,24-,26-,27-. The van der Waals surface area contributed by atoms with Gasteiger partial charge in [-0.2, -0.15) is 0 Å². The van der Waals surface area contributed by atoms with Gasteiger partial charge in [0, 0.05) is 6.08 Å². The molecule has 2 aliphatic carbocycles. The van der Waals surface area contributed by atoms with Crippen molar-refractivity contribution in [3.8, 4) is 5.75 Å². The quantitative estimate of drug-likeness (QED) is 0.134. The van der Waals surface area contributed by atoms with Crippen LogP contribution in [0.4, 0.5) is 0 Å². The average Bonchev–Trinajstić information content (AvgIpc) is 2.92. The van der Waals surface area contributed by atoms with E-state index < -0.39 is 0 Å². The highest BCUT2D eigenvalue weighted by Crippen LogP contribution is 2.31. The van der Waals surface area contributed by atoms with Gasteiger partial charge in [-0.1, -0.05) is 13.5 Å². The molecule has 2 fully saturated rings. The summed E-state index contributed by atoms with van der Waals surface area (Å²) in [6.07, 6.45) is 11.7. The zero-order valence-electron chi connectivity index (χ0n) is 22.2. The Morgan fingerprint density at radius 3 is 2.05 bits per heavy atom. The van der Waals surface area contributed by atoms with Gasteiger partial charge in [-0.3, -0.25) is 4.79 Å². The van der Waals surface area contributed by atoms with E-state index in [2.05, 4.69) is 13.5 Å². The zero-order chi connectivity index (χ0) is 26.5. The largest absolute Gasteiger partial charge is 0.494 e. The highest BCUT2D eigenvalue weighted by Gasteiger charge is 2.31. The first-order valence-corrected chi connectivity index (χ1v) is 13.9. The smallest absolute Gasteiger partial charge is 0.338 e. The number of carbonyl (C=O) groups excluding carboxylic acids is 3. The number of hydrogen-bond donors (Lipinski definition) is 0. The number of hydrogen-bond acceptors (Lipinski definition) is 7. The Morgan fingerprint density at radius 1 is 0.811 bits per heavy atom. The molecule has 7 heteroatoms. The first kappa shape index (κ1) is 28.7. The molecule has 0 unspecified atom stereocenters. The zero-order valence-corrected chi connectivity index (χ0v) is 22.2. The molecule has 0 N–H and O–H groups in total. The van der Waals surface area contributed by atoms with E-state index in [-0.39, 0.29) is 36.0 Å². The molecule has 2 aliphatic rings. The third-order valence-electron chi connectivity index (χ3n) is 7.34. The van der Waals surface area contributed by atoms with Crippen LogP contribution in [-0.2, 0) is 23.8 Å². The van der Waals surface area contributed by atoms with Crippen LogP contribution in [0.3, 0.4) is 0 Å². The number of ether oxygens (including phenoxy) is 4. The monoisotopic (exact) mass is 514 g/mol. The highest BCUT2D eigenvalue weighted by atomic mass is 16.6. The number of esters is 3. The molecule has 0 bridgehead atoms. The fourth-order valence-corrected chi connectivity index (χ4v) is 4.91. The molecule has 2 saturated carbocycles. The van der Waals surface area contributed by atoms with Crippen LogP contribution >= 0.6 is 0 Å². The second-order valence-electron chi connectivity index (χ2n) is 10.4. The van der Waals surface area contributed by atoms with Crippen LogP contribution in [0.5, 0.6) is 5.75 Å². The van der Waals surface area contributed by atoms with Crippen molar-refractivity contribution in [2.45, 2.75) is 96.2 Å². The third kappa shape index (κ3) is 10.2. The molecular formula is C30H42O7. The Morgan fingerprint density at radius 2 is 1.41 bits per heavy atom. The van der Waals surface area contributed by atoms with Gasteiger partial charge >= 0.3 is 17.9 Å². The second kappa shape index (κ2) is 15.4. The summed E-state index contributed by atoms with van der Waals surface area (Å²) in [4.78, 5) is 36.1. The first-order valence-electron chi connectivity index (χ1n) is 13.9. The molecule has 1 aromatic rings. The van der Waals surface area contributed by atoms with Gasteiger partial charge in [-0.25, -0.2) is 9.59 Å². The number of rotatable bonds is 13. The van der Waals surface area contributed by atoms with Crippen LogP contribution in [0, 0.1) is 11.8 Å². The van der Waals surface area contributed by atoms with Crippen molar-refractivity contribution in [1.82, 2.24) is 0 Å². The lowest BCUT2D eigenvalue weighted by molar-refractivity contribution is -0.157. The summed E-state index contributed by atoms with van der Waals surface area (Å²) in [5.41, 5.74) is 0.495. The number of benzene rings is 1. The second-order valence-corrected chi connectivity index (χ2v) is 10.4. The molecular weight excluding hydrogens is 472 g/mol. The number of carbonyl (C=O) groups is 3. The maximum atomic E-state index is 12.6. The third-order valence-corrected chi connectivity index (χ3v) is 7.34. The molecule has 0 aromatic heterocycles. The predicted octanol–water partition coefficient (Wildman–Crippen LogP) is 6.19. The topological polar surface area (TPSA) is 88.1 Å². The fraction of sp³-hybridized carbons (Fsp3) is 0.633. The summed E-state index contributed by atoms with van der Waals surface area (Å²) in [5, 5.41) is 0. The summed E-state index contributed by atoms with van der Waals surface area (Å²) in [5.74, 6) is 0.557. The summed E-state index contributed by atoms with van der Waals surface area (Å²) in [6.45, 7) is 6.62. The van der Waals surface area contributed by atoms with Gasteiger partial charge in [-0.15, -0.1) is 0 Å². The molecule has 37 heavy (non-hydrogen) atoms. The van der Waals surface area contributed by atoms with Crippen LogP contribution in [0.15, 0.2) is 36.9 Å². The Hall–Kier alpha value is -2.83. The molecule has 0 radical (unpaired) electrons. The van der Waals surface area contributed by atoms with Crippen molar-refractivity contribution in [3.63, 3.8) is 0 Å². The molecule has 0 aliphatic heterocycles. The summed E-state index contributed by atoms with van der Waals surface area (Å²) >= 11 is 0. The molecule has 1 aromatic carbocycles. The van der Waals surface area contributed by atoms with Crippen molar-refractivity contribution in [2.24, 2.45) is 11.8 Å². The van der Waals surface area contributed by atoms with E-state index in [1.54, 1.807) is 24.3 Å². The lowest BCUT2D eigenvalue weighted by Gasteiger charge is -2.30. The van der Waals surface area contributed by atoms with E-state index >= 15 is 0 Å². The normalized spacial score (nSPS) is 23.5. The van der Waals surface area contributed by atoms with Crippen LogP contribution in [-0.4, -0.2) is 43.3 Å². The van der Waals surface area contributed by atoms with E-state index in [0.29, 0.717) is 50.2 Å². The van der Waals surface area contributed by atoms with E-state index in [1.165, 1.54) is 6.08 Å². The van der Waals surface area contributed by atoms with E-state index in [0.717, 1.165) is 57.3 Å². The average molecular weight is 515 g/mol. The van der Waals surface area contributed by atoms with E-state index in [9.17, 15) is 14.4 Å². The van der Waals surface area contributed by atoms with Crippen molar-refractivity contribution < 1.29 is 33.3 Å². The van der Waals surface area contributed by atoms with Crippen molar-refractivity contribution in [3.05, 3.63) is 42.5 Å². The minimum atomic E-state index is -0.385. The van der Waals surface area contributed by atoms with Gasteiger partial charge < -0.3 is 18.9 Å². The Labute approximate surface area is 220 Å². The van der Waals surface area contributed by atoms with Crippen LogP contribution in [0.1, 0.15) is 94.3 Å². The molecule has 0 atom stereocenters. The molecule has 0 saturated heterocycles. The number of unbranched alkanes of at least 4 members (excludes halogenated alkanes) is 3. The van der Waals surface area contributed by atoms with Gasteiger partial charge in [0.1, 0.15) is 18.0 Å². The van der Waals surface area contributed by atoms with E-state index in [4.69, 9.17) is 18.9 Å². The van der Waals surface area contributed by atoms with Crippen molar-refractivity contribution >= 4 is 17.9 Å². The van der Waals surface area contributed by atoms with Crippen LogP contribution < -0.4 is 4.74 Å². The van der Waals surface area contributed by atoms with Gasteiger partial charge in [0.25, 0.3) is 0 Å². The minimum absolute atomic E-state index is 0.0751. The van der Waals surface area contributed by atoms with Gasteiger partial charge in [-0.05, 0) is 107 Å². The SMILES string of the molecule is C=CC(=O)OCCCCCCOc1ccc(C(=O)O[C@H]2CC[C@H](C(=O)O[C@H]3CC[C@H](C)CC3)CC2)cc1. The van der Waals surface area contributed by atoms with Gasteiger partial charge in [0.05, 0.1) is 24.7 Å². The van der Waals surface area contributed by atoms with Crippen LogP contribution in [0.2, 0.25) is 0 Å². The lowest BCUT2D eigenvalue weighted by atomic mass is 9.86. The predicted molar refractivity (Wildman–Crippen MR) is 140 cm³/mol. The Balaban J connectivity index is 1.28. The summed E-state index contributed by atoms with van der Waals surface area (Å²) in [7, 11) is 0. The lowest BCUT2D eigenvalue weighted by Crippen LogP contribution is -2.32. The van der Waals surface area contributed by atoms with E-state index in [1.807, 2.05) is 0 Å². The Bertz CT molecular complexity index is 862. The molecule has 0 amide bonds. The molecule has 204 valence electrons. The maximum absolute atomic E-state index is 12.6. The van der Waals surface area contributed by atoms with Crippen molar-refractivity contribution in [1.29, 1.82) is 0 Å². The summed E-state index contributed by atoms with van der Waals surface area (Å²) < 4.78 is 22.2.